The van der Waals surface area contributed by atoms with Gasteiger partial charge in [0, 0.05) is 4.83 Å². The van der Waals surface area contributed by atoms with E-state index in [1.54, 1.807) is 0 Å². The highest BCUT2D eigenvalue weighted by molar-refractivity contribution is 9.09. The van der Waals surface area contributed by atoms with Crippen LogP contribution in [-0.2, 0) is 11.3 Å². The summed E-state index contributed by atoms with van der Waals surface area (Å²) < 4.78 is 5.54. The van der Waals surface area contributed by atoms with E-state index in [9.17, 15) is 5.11 Å². The minimum Gasteiger partial charge on any atom is -0.394 e. The molecule has 0 heterocycles. The lowest BCUT2D eigenvalue weighted by molar-refractivity contribution is 0.0950. The van der Waals surface area contributed by atoms with Crippen LogP contribution >= 0.6 is 15.9 Å². The summed E-state index contributed by atoms with van der Waals surface area (Å²) in [5, 5.41) is 18.1. The number of hydrogen-bond donors (Lipinski definition) is 2. The second-order valence-electron chi connectivity index (χ2n) is 4.30. The number of rotatable bonds is 9. The number of aliphatic hydroxyl groups is 2. The van der Waals surface area contributed by atoms with Crippen LogP contribution in [0.3, 0.4) is 0 Å². The summed E-state index contributed by atoms with van der Waals surface area (Å²) in [4.78, 5) is -0.0982. The molecule has 106 valence electrons. The molecule has 0 aliphatic carbocycles. The van der Waals surface area contributed by atoms with Gasteiger partial charge in [-0.15, -0.1) is 0 Å². The van der Waals surface area contributed by atoms with Crippen LogP contribution in [0.1, 0.15) is 18.4 Å². The predicted octanol–water partition coefficient (Wildman–Crippen LogP) is 2.66. The van der Waals surface area contributed by atoms with Crippen LogP contribution in [0.5, 0.6) is 0 Å². The molecule has 1 rings (SSSR count). The Bertz CT molecular complexity index is 354. The fourth-order valence-electron chi connectivity index (χ4n) is 1.53. The molecule has 1 aromatic carbocycles. The van der Waals surface area contributed by atoms with Crippen LogP contribution in [0.15, 0.2) is 42.5 Å². The number of benzene rings is 1. The molecular weight excluding hydrogens is 308 g/mol. The third-order valence-corrected chi connectivity index (χ3v) is 3.66. The van der Waals surface area contributed by atoms with E-state index in [1.807, 2.05) is 42.5 Å². The van der Waals surface area contributed by atoms with Crippen molar-refractivity contribution in [1.29, 1.82) is 0 Å². The van der Waals surface area contributed by atoms with E-state index in [0.717, 1.165) is 6.42 Å². The zero-order valence-corrected chi connectivity index (χ0v) is 12.5. The predicted molar refractivity (Wildman–Crippen MR) is 80.3 cm³/mol. The molecule has 0 spiro atoms. The van der Waals surface area contributed by atoms with E-state index in [1.165, 1.54) is 5.56 Å². The van der Waals surface area contributed by atoms with E-state index in [4.69, 9.17) is 9.84 Å². The Labute approximate surface area is 123 Å². The summed E-state index contributed by atoms with van der Waals surface area (Å²) in [5.41, 5.74) is 1.18. The molecule has 0 aromatic heterocycles. The average molecular weight is 329 g/mol. The molecule has 0 fully saturated rings. The van der Waals surface area contributed by atoms with Gasteiger partial charge in [0.1, 0.15) is 0 Å². The Hall–Kier alpha value is -0.680. The number of hydrogen-bond acceptors (Lipinski definition) is 3. The molecule has 2 N–H and O–H groups in total. The molecule has 4 heteroatoms. The molecule has 19 heavy (non-hydrogen) atoms. The number of aliphatic hydroxyl groups excluding tert-OH is 2. The molecule has 0 saturated carbocycles. The van der Waals surface area contributed by atoms with Crippen molar-refractivity contribution < 1.29 is 14.9 Å². The molecule has 0 aliphatic heterocycles. The van der Waals surface area contributed by atoms with Crippen LogP contribution in [0.2, 0.25) is 0 Å². The molecule has 2 atom stereocenters. The molecule has 0 unspecified atom stereocenters. The Balaban J connectivity index is 2.04. The first-order chi connectivity index (χ1) is 9.24. The SMILES string of the molecule is OC[C@H](O)[C@@H](Br)C/C=C/CCOCc1ccccc1. The van der Waals surface area contributed by atoms with Gasteiger partial charge in [-0.2, -0.15) is 0 Å². The van der Waals surface area contributed by atoms with Gasteiger partial charge < -0.3 is 14.9 Å². The molecule has 0 aliphatic rings. The van der Waals surface area contributed by atoms with E-state index in [0.29, 0.717) is 19.6 Å². The Kier molecular flexibility index (Phi) is 8.75. The van der Waals surface area contributed by atoms with Crippen LogP contribution in [0.25, 0.3) is 0 Å². The third-order valence-electron chi connectivity index (χ3n) is 2.67. The van der Waals surface area contributed by atoms with Crippen molar-refractivity contribution in [2.45, 2.75) is 30.4 Å². The molecular formula is C15H21BrO3. The lowest BCUT2D eigenvalue weighted by Crippen LogP contribution is -2.23. The van der Waals surface area contributed by atoms with Gasteiger partial charge in [-0.05, 0) is 18.4 Å². The topological polar surface area (TPSA) is 49.7 Å². The van der Waals surface area contributed by atoms with Gasteiger partial charge in [0.15, 0.2) is 0 Å². The van der Waals surface area contributed by atoms with Crippen LogP contribution in [0.4, 0.5) is 0 Å². The molecule has 0 radical (unpaired) electrons. The van der Waals surface area contributed by atoms with Gasteiger partial charge in [0.05, 0.1) is 25.9 Å². The average Bonchev–Trinajstić information content (AvgIpc) is 2.46. The van der Waals surface area contributed by atoms with E-state index in [-0.39, 0.29) is 11.4 Å². The highest BCUT2D eigenvalue weighted by Crippen LogP contribution is 2.11. The third kappa shape index (κ3) is 7.47. The summed E-state index contributed by atoms with van der Waals surface area (Å²) in [7, 11) is 0. The van der Waals surface area contributed by atoms with Crippen LogP contribution in [-0.4, -0.2) is 34.4 Å². The zero-order valence-electron chi connectivity index (χ0n) is 10.9. The van der Waals surface area contributed by atoms with Crippen LogP contribution < -0.4 is 0 Å². The normalized spacial score (nSPS) is 14.7. The molecule has 0 bridgehead atoms. The van der Waals surface area contributed by atoms with Crippen molar-refractivity contribution in [2.75, 3.05) is 13.2 Å². The summed E-state index contributed by atoms with van der Waals surface area (Å²) in [5.74, 6) is 0. The van der Waals surface area contributed by atoms with E-state index in [2.05, 4.69) is 15.9 Å². The lowest BCUT2D eigenvalue weighted by Gasteiger charge is -2.12. The van der Waals surface area contributed by atoms with Crippen LogP contribution in [0, 0.1) is 0 Å². The van der Waals surface area contributed by atoms with Gasteiger partial charge >= 0.3 is 0 Å². The highest BCUT2D eigenvalue weighted by Gasteiger charge is 2.12. The minimum atomic E-state index is -0.709. The van der Waals surface area contributed by atoms with Gasteiger partial charge in [0.2, 0.25) is 0 Å². The van der Waals surface area contributed by atoms with Crippen molar-refractivity contribution in [3.63, 3.8) is 0 Å². The second-order valence-corrected chi connectivity index (χ2v) is 5.48. The summed E-state index contributed by atoms with van der Waals surface area (Å²) >= 11 is 3.32. The Morgan fingerprint density at radius 2 is 1.95 bits per heavy atom. The van der Waals surface area contributed by atoms with Crippen molar-refractivity contribution in [3.05, 3.63) is 48.0 Å². The largest absolute Gasteiger partial charge is 0.394 e. The standard InChI is InChI=1S/C15H21BrO3/c16-14(15(18)11-17)9-5-2-6-10-19-12-13-7-3-1-4-8-13/h1-5,7-8,14-15,17-18H,6,9-12H2/b5-2+/t14-,15-/m0/s1. The molecule has 0 amide bonds. The fraction of sp³-hybridized carbons (Fsp3) is 0.467. The zero-order chi connectivity index (χ0) is 13.9. The minimum absolute atomic E-state index is 0.0982. The maximum Gasteiger partial charge on any atom is 0.0898 e. The van der Waals surface area contributed by atoms with Gasteiger partial charge in [0.25, 0.3) is 0 Å². The van der Waals surface area contributed by atoms with Gasteiger partial charge in [-0.1, -0.05) is 58.4 Å². The quantitative estimate of drug-likeness (QED) is 0.416. The fourth-order valence-corrected chi connectivity index (χ4v) is 1.91. The van der Waals surface area contributed by atoms with Crippen molar-refractivity contribution in [3.8, 4) is 0 Å². The monoisotopic (exact) mass is 328 g/mol. The number of ether oxygens (including phenoxy) is 1. The first-order valence-electron chi connectivity index (χ1n) is 6.43. The second kappa shape index (κ2) is 10.1. The molecule has 3 nitrogen and oxygen atoms in total. The smallest absolute Gasteiger partial charge is 0.0898 e. The van der Waals surface area contributed by atoms with Crippen molar-refractivity contribution in [1.82, 2.24) is 0 Å². The summed E-state index contributed by atoms with van der Waals surface area (Å²) in [6.07, 6.45) is 4.86. The van der Waals surface area contributed by atoms with Gasteiger partial charge in [-0.25, -0.2) is 0 Å². The Morgan fingerprint density at radius 3 is 2.63 bits per heavy atom. The summed E-state index contributed by atoms with van der Waals surface area (Å²) in [6, 6.07) is 10.1. The first-order valence-corrected chi connectivity index (χ1v) is 7.35. The number of allylic oxidation sites excluding steroid dienone is 1. The van der Waals surface area contributed by atoms with E-state index >= 15 is 0 Å². The maximum absolute atomic E-state index is 9.34. The Morgan fingerprint density at radius 1 is 1.21 bits per heavy atom. The number of halogens is 1. The molecule has 1 aromatic rings. The summed E-state index contributed by atoms with van der Waals surface area (Å²) in [6.45, 7) is 1.10. The first kappa shape index (κ1) is 16.4. The maximum atomic E-state index is 9.34. The van der Waals surface area contributed by atoms with E-state index < -0.39 is 6.10 Å². The highest BCUT2D eigenvalue weighted by atomic mass is 79.9. The van der Waals surface area contributed by atoms with Gasteiger partial charge in [-0.3, -0.25) is 0 Å². The van der Waals surface area contributed by atoms with Crippen molar-refractivity contribution in [2.24, 2.45) is 0 Å². The molecule has 0 saturated heterocycles. The number of alkyl halides is 1. The lowest BCUT2D eigenvalue weighted by atomic mass is 10.2. The van der Waals surface area contributed by atoms with Crippen molar-refractivity contribution >= 4 is 15.9 Å².